The van der Waals surface area contributed by atoms with E-state index in [-0.39, 0.29) is 0 Å². The van der Waals surface area contributed by atoms with E-state index < -0.39 is 0 Å². The van der Waals surface area contributed by atoms with Gasteiger partial charge in [-0.2, -0.15) is 5.26 Å². The van der Waals surface area contributed by atoms with Crippen LogP contribution in [0.25, 0.3) is 0 Å². The van der Waals surface area contributed by atoms with Gasteiger partial charge in [-0.3, -0.25) is 0 Å². The van der Waals surface area contributed by atoms with Gasteiger partial charge >= 0.3 is 0 Å². The van der Waals surface area contributed by atoms with Crippen LogP contribution in [0.3, 0.4) is 0 Å². The molecule has 0 unspecified atom stereocenters. The van der Waals surface area contributed by atoms with Gasteiger partial charge in [-0.05, 0) is 58.7 Å². The fourth-order valence-electron chi connectivity index (χ4n) is 1.76. The molecule has 1 N–H and O–H groups in total. The first-order chi connectivity index (χ1) is 9.13. The molecule has 0 heterocycles. The molecule has 0 amide bonds. The van der Waals surface area contributed by atoms with Crippen molar-refractivity contribution in [3.63, 3.8) is 0 Å². The van der Waals surface area contributed by atoms with Gasteiger partial charge < -0.3 is 10.1 Å². The summed E-state index contributed by atoms with van der Waals surface area (Å²) in [6.45, 7) is 2.03. The normalized spacial score (nSPS) is 9.79. The second kappa shape index (κ2) is 5.77. The van der Waals surface area contributed by atoms with Gasteiger partial charge in [0.2, 0.25) is 0 Å². The number of rotatable bonds is 3. The molecule has 0 fully saturated rings. The second-order valence-corrected chi connectivity index (χ2v) is 4.99. The van der Waals surface area contributed by atoms with Crippen molar-refractivity contribution in [3.05, 3.63) is 52.0 Å². The number of halogens is 1. The molecule has 96 valence electrons. The van der Waals surface area contributed by atoms with Crippen molar-refractivity contribution in [1.82, 2.24) is 0 Å². The maximum atomic E-state index is 8.90. The summed E-state index contributed by atoms with van der Waals surface area (Å²) in [6, 6.07) is 13.6. The molecule has 0 aliphatic carbocycles. The average Bonchev–Trinajstić information content (AvgIpc) is 2.39. The first-order valence-corrected chi connectivity index (χ1v) is 6.54. The number of hydrogen-bond acceptors (Lipinski definition) is 3. The number of hydrogen-bond donors (Lipinski definition) is 1. The highest BCUT2D eigenvalue weighted by Crippen LogP contribution is 2.30. The molecule has 0 bridgehead atoms. The van der Waals surface area contributed by atoms with E-state index in [1.807, 2.05) is 37.3 Å². The Morgan fingerprint density at radius 3 is 2.63 bits per heavy atom. The predicted octanol–water partition coefficient (Wildman–Crippen LogP) is 4.38. The van der Waals surface area contributed by atoms with Gasteiger partial charge in [0.05, 0.1) is 18.4 Å². The van der Waals surface area contributed by atoms with Gasteiger partial charge in [0.25, 0.3) is 0 Å². The zero-order chi connectivity index (χ0) is 13.8. The molecule has 4 heteroatoms. The first kappa shape index (κ1) is 13.4. The SMILES string of the molecule is COc1ccc(C)cc1Nc1ccc(C#N)c(Br)c1. The van der Waals surface area contributed by atoms with E-state index in [0.29, 0.717) is 5.56 Å². The number of nitrogens with one attached hydrogen (secondary N) is 1. The van der Waals surface area contributed by atoms with Crippen LogP contribution in [0, 0.1) is 18.3 Å². The minimum Gasteiger partial charge on any atom is -0.495 e. The number of methoxy groups -OCH3 is 1. The van der Waals surface area contributed by atoms with E-state index in [9.17, 15) is 0 Å². The highest BCUT2D eigenvalue weighted by atomic mass is 79.9. The Kier molecular flexibility index (Phi) is 4.08. The molecule has 2 aromatic carbocycles. The van der Waals surface area contributed by atoms with E-state index in [4.69, 9.17) is 10.00 Å². The molecule has 2 aromatic rings. The number of benzene rings is 2. The molecule has 2 rings (SSSR count). The molecule has 19 heavy (non-hydrogen) atoms. The molecular formula is C15H13BrN2O. The van der Waals surface area contributed by atoms with E-state index in [1.165, 1.54) is 0 Å². The minimum atomic E-state index is 0.613. The van der Waals surface area contributed by atoms with Gasteiger partial charge in [0.15, 0.2) is 0 Å². The smallest absolute Gasteiger partial charge is 0.142 e. The molecular weight excluding hydrogens is 304 g/mol. The molecule has 0 atom stereocenters. The van der Waals surface area contributed by atoms with Crippen molar-refractivity contribution in [3.8, 4) is 11.8 Å². The Morgan fingerprint density at radius 2 is 2.00 bits per heavy atom. The van der Waals surface area contributed by atoms with Crippen molar-refractivity contribution in [2.75, 3.05) is 12.4 Å². The second-order valence-electron chi connectivity index (χ2n) is 4.14. The van der Waals surface area contributed by atoms with E-state index in [1.54, 1.807) is 13.2 Å². The van der Waals surface area contributed by atoms with Crippen molar-refractivity contribution in [1.29, 1.82) is 5.26 Å². The fraction of sp³-hybridized carbons (Fsp3) is 0.133. The summed E-state index contributed by atoms with van der Waals surface area (Å²) in [5, 5.41) is 12.2. The van der Waals surface area contributed by atoms with Crippen LogP contribution in [0.5, 0.6) is 5.75 Å². The van der Waals surface area contributed by atoms with E-state index >= 15 is 0 Å². The number of anilines is 2. The van der Waals surface area contributed by atoms with Crippen LogP contribution in [-0.2, 0) is 0 Å². The molecule has 0 spiro atoms. The van der Waals surface area contributed by atoms with Gasteiger partial charge in [0.1, 0.15) is 11.8 Å². The summed E-state index contributed by atoms with van der Waals surface area (Å²) in [4.78, 5) is 0. The van der Waals surface area contributed by atoms with Crippen molar-refractivity contribution >= 4 is 27.3 Å². The largest absolute Gasteiger partial charge is 0.495 e. The molecule has 0 aliphatic rings. The molecule has 0 aromatic heterocycles. The third kappa shape index (κ3) is 3.07. The topological polar surface area (TPSA) is 45.0 Å². The Labute approximate surface area is 121 Å². The summed E-state index contributed by atoms with van der Waals surface area (Å²) in [6.07, 6.45) is 0. The maximum absolute atomic E-state index is 8.90. The molecule has 0 saturated carbocycles. The summed E-state index contributed by atoms with van der Waals surface area (Å²) < 4.78 is 6.09. The zero-order valence-electron chi connectivity index (χ0n) is 10.7. The van der Waals surface area contributed by atoms with Crippen LogP contribution in [0.2, 0.25) is 0 Å². The van der Waals surface area contributed by atoms with Crippen LogP contribution in [0.1, 0.15) is 11.1 Å². The number of nitriles is 1. The zero-order valence-corrected chi connectivity index (χ0v) is 12.3. The van der Waals surface area contributed by atoms with Crippen molar-refractivity contribution in [2.24, 2.45) is 0 Å². The molecule has 0 radical (unpaired) electrons. The Hall–Kier alpha value is -1.99. The summed E-state index contributed by atoms with van der Waals surface area (Å²) >= 11 is 3.38. The number of ether oxygens (including phenoxy) is 1. The quantitative estimate of drug-likeness (QED) is 0.913. The fourth-order valence-corrected chi connectivity index (χ4v) is 2.23. The highest BCUT2D eigenvalue weighted by Gasteiger charge is 2.05. The summed E-state index contributed by atoms with van der Waals surface area (Å²) in [5.74, 6) is 0.783. The molecule has 3 nitrogen and oxygen atoms in total. The van der Waals surface area contributed by atoms with Crippen LogP contribution in [-0.4, -0.2) is 7.11 Å². The lowest BCUT2D eigenvalue weighted by Crippen LogP contribution is -1.95. The third-order valence-electron chi connectivity index (χ3n) is 2.72. The third-order valence-corrected chi connectivity index (χ3v) is 3.38. The van der Waals surface area contributed by atoms with Crippen LogP contribution >= 0.6 is 15.9 Å². The van der Waals surface area contributed by atoms with Crippen LogP contribution < -0.4 is 10.1 Å². The predicted molar refractivity (Wildman–Crippen MR) is 79.9 cm³/mol. The number of nitrogens with zero attached hydrogens (tertiary/aromatic N) is 1. The Bertz CT molecular complexity index is 647. The highest BCUT2D eigenvalue weighted by molar-refractivity contribution is 9.10. The Morgan fingerprint density at radius 1 is 1.21 bits per heavy atom. The maximum Gasteiger partial charge on any atom is 0.142 e. The minimum absolute atomic E-state index is 0.613. The van der Waals surface area contributed by atoms with Crippen molar-refractivity contribution in [2.45, 2.75) is 6.92 Å². The monoisotopic (exact) mass is 316 g/mol. The van der Waals surface area contributed by atoms with Gasteiger partial charge in [-0.15, -0.1) is 0 Å². The van der Waals surface area contributed by atoms with E-state index in [2.05, 4.69) is 27.3 Å². The van der Waals surface area contributed by atoms with Crippen molar-refractivity contribution < 1.29 is 4.74 Å². The lowest BCUT2D eigenvalue weighted by Gasteiger charge is -2.12. The standard InChI is InChI=1S/C15H13BrN2O/c1-10-3-6-15(19-2)14(7-10)18-12-5-4-11(9-17)13(16)8-12/h3-8,18H,1-2H3. The molecule has 0 aliphatic heterocycles. The first-order valence-electron chi connectivity index (χ1n) is 5.75. The van der Waals surface area contributed by atoms with Crippen LogP contribution in [0.4, 0.5) is 11.4 Å². The van der Waals surface area contributed by atoms with Gasteiger partial charge in [-0.1, -0.05) is 6.07 Å². The van der Waals surface area contributed by atoms with Gasteiger partial charge in [0, 0.05) is 10.2 Å². The van der Waals surface area contributed by atoms with Crippen LogP contribution in [0.15, 0.2) is 40.9 Å². The van der Waals surface area contributed by atoms with Gasteiger partial charge in [-0.25, -0.2) is 0 Å². The lowest BCUT2D eigenvalue weighted by atomic mass is 10.2. The van der Waals surface area contributed by atoms with E-state index in [0.717, 1.165) is 27.2 Å². The average molecular weight is 317 g/mol. The number of aryl methyl sites for hydroxylation is 1. The Balaban J connectivity index is 2.33. The summed E-state index contributed by atoms with van der Waals surface area (Å²) in [7, 11) is 1.64. The molecule has 0 saturated heterocycles. The summed E-state index contributed by atoms with van der Waals surface area (Å²) in [5.41, 5.74) is 3.56. The lowest BCUT2D eigenvalue weighted by molar-refractivity contribution is 0.416.